The van der Waals surface area contributed by atoms with Gasteiger partial charge in [-0.1, -0.05) is 17.7 Å². The van der Waals surface area contributed by atoms with Gasteiger partial charge in [0.25, 0.3) is 0 Å². The molecule has 1 aromatic heterocycles. The van der Waals surface area contributed by atoms with Crippen molar-refractivity contribution in [1.82, 2.24) is 10.2 Å². The number of nitrogens with one attached hydrogen (secondary N) is 1. The number of aromatic amines is 1. The SMILES string of the molecule is COc1cccc(Cl)c1-c1[nH]ncc1N. The van der Waals surface area contributed by atoms with Crippen molar-refractivity contribution < 1.29 is 4.74 Å². The molecule has 2 aromatic rings. The molecule has 0 bridgehead atoms. The maximum Gasteiger partial charge on any atom is 0.129 e. The van der Waals surface area contributed by atoms with Gasteiger partial charge in [-0.05, 0) is 12.1 Å². The number of hydrogen-bond acceptors (Lipinski definition) is 3. The molecule has 0 saturated heterocycles. The van der Waals surface area contributed by atoms with Gasteiger partial charge in [-0.15, -0.1) is 0 Å². The quantitative estimate of drug-likeness (QED) is 0.821. The summed E-state index contributed by atoms with van der Waals surface area (Å²) in [7, 11) is 1.59. The maximum atomic E-state index is 6.09. The van der Waals surface area contributed by atoms with Crippen LogP contribution in [0.1, 0.15) is 0 Å². The van der Waals surface area contributed by atoms with Crippen LogP contribution in [0.2, 0.25) is 5.02 Å². The van der Waals surface area contributed by atoms with Crippen molar-refractivity contribution in [3.8, 4) is 17.0 Å². The van der Waals surface area contributed by atoms with Crippen LogP contribution in [0.4, 0.5) is 5.69 Å². The summed E-state index contributed by atoms with van der Waals surface area (Å²) >= 11 is 6.09. The summed E-state index contributed by atoms with van der Waals surface area (Å²) in [5.74, 6) is 0.665. The lowest BCUT2D eigenvalue weighted by Gasteiger charge is -2.08. The normalized spacial score (nSPS) is 10.3. The molecule has 0 atom stereocenters. The Morgan fingerprint density at radius 3 is 2.87 bits per heavy atom. The van der Waals surface area contributed by atoms with Gasteiger partial charge in [-0.25, -0.2) is 0 Å². The smallest absolute Gasteiger partial charge is 0.129 e. The number of anilines is 1. The Kier molecular flexibility index (Phi) is 2.51. The van der Waals surface area contributed by atoms with E-state index in [0.29, 0.717) is 22.2 Å². The van der Waals surface area contributed by atoms with E-state index >= 15 is 0 Å². The molecule has 4 nitrogen and oxygen atoms in total. The van der Waals surface area contributed by atoms with Gasteiger partial charge < -0.3 is 10.5 Å². The Morgan fingerprint density at radius 2 is 2.27 bits per heavy atom. The number of nitrogens with zero attached hydrogens (tertiary/aromatic N) is 1. The predicted molar refractivity (Wildman–Crippen MR) is 60.0 cm³/mol. The fourth-order valence-electron chi connectivity index (χ4n) is 1.41. The van der Waals surface area contributed by atoms with Crippen LogP contribution in [0, 0.1) is 0 Å². The van der Waals surface area contributed by atoms with Crippen LogP contribution in [-0.2, 0) is 0 Å². The van der Waals surface area contributed by atoms with Crippen LogP contribution in [-0.4, -0.2) is 17.3 Å². The van der Waals surface area contributed by atoms with E-state index < -0.39 is 0 Å². The second-order valence-electron chi connectivity index (χ2n) is 3.02. The Labute approximate surface area is 92.0 Å². The number of aromatic nitrogens is 2. The maximum absolute atomic E-state index is 6.09. The van der Waals surface area contributed by atoms with E-state index in [1.54, 1.807) is 13.2 Å². The molecular weight excluding hydrogens is 214 g/mol. The van der Waals surface area contributed by atoms with E-state index in [-0.39, 0.29) is 0 Å². The fraction of sp³-hybridized carbons (Fsp3) is 0.100. The van der Waals surface area contributed by atoms with Crippen LogP contribution < -0.4 is 10.5 Å². The molecule has 0 aliphatic carbocycles. The first-order valence-electron chi connectivity index (χ1n) is 4.35. The zero-order valence-electron chi connectivity index (χ0n) is 8.12. The molecule has 0 aliphatic rings. The van der Waals surface area contributed by atoms with Crippen LogP contribution in [0.15, 0.2) is 24.4 Å². The highest BCUT2D eigenvalue weighted by atomic mass is 35.5. The lowest BCUT2D eigenvalue weighted by atomic mass is 10.1. The molecule has 0 radical (unpaired) electrons. The Hall–Kier alpha value is -1.68. The number of benzene rings is 1. The molecular formula is C10H10ClN3O. The number of methoxy groups -OCH3 is 1. The second kappa shape index (κ2) is 3.82. The number of ether oxygens (including phenoxy) is 1. The Bertz CT molecular complexity index is 481. The van der Waals surface area contributed by atoms with Crippen molar-refractivity contribution in [2.24, 2.45) is 0 Å². The van der Waals surface area contributed by atoms with Crippen molar-refractivity contribution in [3.63, 3.8) is 0 Å². The molecule has 0 unspecified atom stereocenters. The summed E-state index contributed by atoms with van der Waals surface area (Å²) in [6.45, 7) is 0. The number of nitrogen functional groups attached to an aromatic ring is 1. The number of rotatable bonds is 2. The molecule has 1 aromatic carbocycles. The predicted octanol–water partition coefficient (Wildman–Crippen LogP) is 2.32. The van der Waals surface area contributed by atoms with E-state index in [1.165, 1.54) is 6.20 Å². The minimum absolute atomic E-state index is 0.543. The van der Waals surface area contributed by atoms with Gasteiger partial charge in [-0.3, -0.25) is 5.10 Å². The lowest BCUT2D eigenvalue weighted by molar-refractivity contribution is 0.416. The first kappa shape index (κ1) is 9.86. The number of hydrogen-bond donors (Lipinski definition) is 2. The highest BCUT2D eigenvalue weighted by Crippen LogP contribution is 2.37. The van der Waals surface area contributed by atoms with Gasteiger partial charge in [0.1, 0.15) is 5.75 Å². The van der Waals surface area contributed by atoms with Gasteiger partial charge >= 0.3 is 0 Å². The second-order valence-corrected chi connectivity index (χ2v) is 3.42. The van der Waals surface area contributed by atoms with Crippen molar-refractivity contribution in [3.05, 3.63) is 29.4 Å². The fourth-order valence-corrected chi connectivity index (χ4v) is 1.67. The summed E-state index contributed by atoms with van der Waals surface area (Å²) < 4.78 is 5.22. The highest BCUT2D eigenvalue weighted by molar-refractivity contribution is 6.33. The van der Waals surface area contributed by atoms with Crippen molar-refractivity contribution in [2.45, 2.75) is 0 Å². The topological polar surface area (TPSA) is 63.9 Å². The van der Waals surface area contributed by atoms with Crippen LogP contribution in [0.5, 0.6) is 5.75 Å². The molecule has 3 N–H and O–H groups in total. The molecule has 78 valence electrons. The summed E-state index contributed by atoms with van der Waals surface area (Å²) in [4.78, 5) is 0. The first-order valence-corrected chi connectivity index (χ1v) is 4.73. The van der Waals surface area contributed by atoms with Gasteiger partial charge in [-0.2, -0.15) is 5.10 Å². The lowest BCUT2D eigenvalue weighted by Crippen LogP contribution is -1.92. The van der Waals surface area contributed by atoms with Crippen molar-refractivity contribution in [1.29, 1.82) is 0 Å². The van der Waals surface area contributed by atoms with Crippen molar-refractivity contribution in [2.75, 3.05) is 12.8 Å². The summed E-state index contributed by atoms with van der Waals surface area (Å²) in [5, 5.41) is 7.22. The zero-order chi connectivity index (χ0) is 10.8. The van der Waals surface area contributed by atoms with Gasteiger partial charge in [0, 0.05) is 0 Å². The largest absolute Gasteiger partial charge is 0.496 e. The summed E-state index contributed by atoms with van der Waals surface area (Å²) in [6.07, 6.45) is 1.54. The third-order valence-electron chi connectivity index (χ3n) is 2.11. The summed E-state index contributed by atoms with van der Waals surface area (Å²) in [6, 6.07) is 5.42. The van der Waals surface area contributed by atoms with Crippen LogP contribution in [0.25, 0.3) is 11.3 Å². The Balaban J connectivity index is 2.66. The van der Waals surface area contributed by atoms with Crippen LogP contribution >= 0.6 is 11.6 Å². The minimum atomic E-state index is 0.543. The first-order chi connectivity index (χ1) is 7.24. The summed E-state index contributed by atoms with van der Waals surface area (Å²) in [5.41, 5.74) is 7.71. The molecule has 1 heterocycles. The van der Waals surface area contributed by atoms with Gasteiger partial charge in [0.05, 0.1) is 35.3 Å². The number of nitrogens with two attached hydrogens (primary N) is 1. The minimum Gasteiger partial charge on any atom is -0.496 e. The van der Waals surface area contributed by atoms with Gasteiger partial charge in [0.2, 0.25) is 0 Å². The molecule has 0 amide bonds. The monoisotopic (exact) mass is 223 g/mol. The molecule has 2 rings (SSSR count). The molecule has 0 fully saturated rings. The molecule has 0 aliphatic heterocycles. The molecule has 5 heteroatoms. The van der Waals surface area contributed by atoms with E-state index in [2.05, 4.69) is 10.2 Å². The third-order valence-corrected chi connectivity index (χ3v) is 2.43. The molecule has 0 spiro atoms. The number of halogens is 1. The average Bonchev–Trinajstić information content (AvgIpc) is 2.64. The van der Waals surface area contributed by atoms with E-state index in [9.17, 15) is 0 Å². The van der Waals surface area contributed by atoms with Crippen molar-refractivity contribution >= 4 is 17.3 Å². The van der Waals surface area contributed by atoms with Crippen LogP contribution in [0.3, 0.4) is 0 Å². The Morgan fingerprint density at radius 1 is 1.47 bits per heavy atom. The third kappa shape index (κ3) is 1.64. The van der Waals surface area contributed by atoms with E-state index in [1.807, 2.05) is 12.1 Å². The van der Waals surface area contributed by atoms with E-state index in [4.69, 9.17) is 22.1 Å². The highest BCUT2D eigenvalue weighted by Gasteiger charge is 2.14. The number of H-pyrrole nitrogens is 1. The van der Waals surface area contributed by atoms with Gasteiger partial charge in [0.15, 0.2) is 0 Å². The molecule has 15 heavy (non-hydrogen) atoms. The zero-order valence-corrected chi connectivity index (χ0v) is 8.88. The average molecular weight is 224 g/mol. The van der Waals surface area contributed by atoms with E-state index in [0.717, 1.165) is 5.56 Å². The standard InChI is InChI=1S/C10H10ClN3O/c1-15-8-4-2-3-6(11)9(8)10-7(12)5-13-14-10/h2-5H,12H2,1H3,(H,13,14). The molecule has 0 saturated carbocycles.